The third kappa shape index (κ3) is 4.43. The number of nitrogens with zero attached hydrogens (tertiary/aromatic N) is 3. The zero-order valence-electron chi connectivity index (χ0n) is 15.7. The molecule has 0 saturated heterocycles. The van der Waals surface area contributed by atoms with Crippen molar-refractivity contribution in [2.24, 2.45) is 0 Å². The molecule has 0 unspecified atom stereocenters. The highest BCUT2D eigenvalue weighted by molar-refractivity contribution is 5.66. The molecule has 0 aliphatic rings. The van der Waals surface area contributed by atoms with Crippen molar-refractivity contribution >= 4 is 17.1 Å². The summed E-state index contributed by atoms with van der Waals surface area (Å²) in [6.07, 6.45) is 7.89. The Morgan fingerprint density at radius 1 is 1.04 bits per heavy atom. The number of hydrogen-bond donors (Lipinski definition) is 0. The van der Waals surface area contributed by atoms with Crippen LogP contribution in [0.3, 0.4) is 0 Å². The molecule has 0 bridgehead atoms. The fraction of sp³-hybridized carbons (Fsp3) is 0.174. The average molecular weight is 343 g/mol. The topological polar surface area (TPSA) is 30.3 Å². The Hall–Kier alpha value is -3.25. The molecule has 0 atom stereocenters. The van der Waals surface area contributed by atoms with E-state index in [4.69, 9.17) is 5.26 Å². The van der Waals surface area contributed by atoms with E-state index in [0.717, 1.165) is 29.3 Å². The number of nitriles is 1. The maximum atomic E-state index is 8.93. The van der Waals surface area contributed by atoms with Crippen molar-refractivity contribution in [3.63, 3.8) is 0 Å². The second-order valence-corrected chi connectivity index (χ2v) is 5.79. The van der Waals surface area contributed by atoms with E-state index in [1.165, 1.54) is 0 Å². The molecular formula is C23H25N3. The molecule has 0 aromatic heterocycles. The number of anilines is 3. The summed E-state index contributed by atoms with van der Waals surface area (Å²) in [5, 5.41) is 8.93. The highest BCUT2D eigenvalue weighted by atomic mass is 15.1. The van der Waals surface area contributed by atoms with Crippen LogP contribution in [0.5, 0.6) is 0 Å². The molecule has 3 heteroatoms. The van der Waals surface area contributed by atoms with E-state index < -0.39 is 0 Å². The summed E-state index contributed by atoms with van der Waals surface area (Å²) in [7, 11) is 2.03. The molecule has 0 fully saturated rings. The van der Waals surface area contributed by atoms with Crippen LogP contribution in [0.2, 0.25) is 0 Å². The van der Waals surface area contributed by atoms with Crippen LogP contribution in [0.1, 0.15) is 19.4 Å². The van der Waals surface area contributed by atoms with Gasteiger partial charge in [0.15, 0.2) is 0 Å². The molecule has 3 nitrogen and oxygen atoms in total. The van der Waals surface area contributed by atoms with Crippen LogP contribution in [-0.4, -0.2) is 13.6 Å². The molecule has 2 rings (SSSR count). The summed E-state index contributed by atoms with van der Waals surface area (Å²) in [6, 6.07) is 18.2. The Bertz CT molecular complexity index is 821. The summed E-state index contributed by atoms with van der Waals surface area (Å²) in [5.74, 6) is 0. The Kier molecular flexibility index (Phi) is 6.82. The summed E-state index contributed by atoms with van der Waals surface area (Å²) >= 11 is 0. The van der Waals surface area contributed by atoms with E-state index in [2.05, 4.69) is 65.8 Å². The number of likely N-dealkylation sites (N-methyl/N-ethyl adjacent to an activating group) is 1. The van der Waals surface area contributed by atoms with Crippen LogP contribution in [0.15, 0.2) is 85.1 Å². The average Bonchev–Trinajstić information content (AvgIpc) is 2.71. The Labute approximate surface area is 156 Å². The minimum Gasteiger partial charge on any atom is -0.345 e. The molecular weight excluding hydrogens is 318 g/mol. The minimum atomic E-state index is 0.669. The fourth-order valence-corrected chi connectivity index (χ4v) is 2.79. The minimum absolute atomic E-state index is 0.669. The first-order valence-electron chi connectivity index (χ1n) is 8.71. The first kappa shape index (κ1) is 19.1. The quantitative estimate of drug-likeness (QED) is 0.595. The standard InChI is InChI=1S/C23H25N3/c1-5-8-9-20(6-2)26(7-3)23-16-14-22(15-17-23)25(4)21-12-10-19(18-24)11-13-21/h5-6,8-17H,1,7H2,2-4H3/b9-8-,20-6+. The maximum Gasteiger partial charge on any atom is 0.0991 e. The van der Waals surface area contributed by atoms with Gasteiger partial charge in [-0.05, 0) is 68.5 Å². The van der Waals surface area contributed by atoms with Gasteiger partial charge in [-0.3, -0.25) is 0 Å². The molecule has 26 heavy (non-hydrogen) atoms. The lowest BCUT2D eigenvalue weighted by molar-refractivity contribution is 0.975. The van der Waals surface area contributed by atoms with Gasteiger partial charge in [-0.1, -0.05) is 24.8 Å². The first-order chi connectivity index (χ1) is 12.6. The van der Waals surface area contributed by atoms with Gasteiger partial charge in [-0.2, -0.15) is 5.26 Å². The van der Waals surface area contributed by atoms with Crippen molar-refractivity contribution in [2.45, 2.75) is 13.8 Å². The van der Waals surface area contributed by atoms with Gasteiger partial charge >= 0.3 is 0 Å². The van der Waals surface area contributed by atoms with Gasteiger partial charge in [-0.25, -0.2) is 0 Å². The van der Waals surface area contributed by atoms with Crippen LogP contribution in [-0.2, 0) is 0 Å². The predicted molar refractivity (Wildman–Crippen MR) is 112 cm³/mol. The molecule has 0 spiro atoms. The number of allylic oxidation sites excluding steroid dienone is 4. The molecule has 0 amide bonds. The second-order valence-electron chi connectivity index (χ2n) is 5.79. The largest absolute Gasteiger partial charge is 0.345 e. The Morgan fingerprint density at radius 3 is 2.04 bits per heavy atom. The van der Waals surface area contributed by atoms with E-state index in [0.29, 0.717) is 5.56 Å². The summed E-state index contributed by atoms with van der Waals surface area (Å²) in [4.78, 5) is 4.36. The van der Waals surface area contributed by atoms with E-state index in [1.807, 2.05) is 44.3 Å². The SMILES string of the molecule is C=C/C=C\C(=C/C)N(CC)c1ccc(N(C)c2ccc(C#N)cc2)cc1. The Morgan fingerprint density at radius 2 is 1.58 bits per heavy atom. The van der Waals surface area contributed by atoms with Crippen LogP contribution >= 0.6 is 0 Å². The van der Waals surface area contributed by atoms with Crippen molar-refractivity contribution < 1.29 is 0 Å². The van der Waals surface area contributed by atoms with Gasteiger partial charge < -0.3 is 9.80 Å². The third-order valence-corrected chi connectivity index (χ3v) is 4.26. The van der Waals surface area contributed by atoms with E-state index >= 15 is 0 Å². The highest BCUT2D eigenvalue weighted by Crippen LogP contribution is 2.27. The van der Waals surface area contributed by atoms with Gasteiger partial charge in [0.25, 0.3) is 0 Å². The Balaban J connectivity index is 2.24. The van der Waals surface area contributed by atoms with Gasteiger partial charge in [0.2, 0.25) is 0 Å². The summed E-state index contributed by atoms with van der Waals surface area (Å²) in [6.45, 7) is 8.80. The molecule has 0 heterocycles. The predicted octanol–water partition coefficient (Wildman–Crippen LogP) is 5.80. The monoisotopic (exact) mass is 343 g/mol. The second kappa shape index (κ2) is 9.29. The van der Waals surface area contributed by atoms with Gasteiger partial charge in [0, 0.05) is 36.4 Å². The van der Waals surface area contributed by atoms with Gasteiger partial charge in [0.05, 0.1) is 11.6 Å². The normalized spacial score (nSPS) is 11.2. The van der Waals surface area contributed by atoms with Crippen molar-refractivity contribution in [3.8, 4) is 6.07 Å². The molecule has 0 N–H and O–H groups in total. The number of rotatable bonds is 7. The van der Waals surface area contributed by atoms with Gasteiger partial charge in [-0.15, -0.1) is 0 Å². The first-order valence-corrected chi connectivity index (χ1v) is 8.71. The lowest BCUT2D eigenvalue weighted by Gasteiger charge is -2.26. The van der Waals surface area contributed by atoms with Crippen molar-refractivity contribution in [1.82, 2.24) is 0 Å². The molecule has 2 aromatic rings. The van der Waals surface area contributed by atoms with Crippen LogP contribution in [0.4, 0.5) is 17.1 Å². The van der Waals surface area contributed by atoms with Crippen LogP contribution in [0, 0.1) is 11.3 Å². The molecule has 0 aliphatic heterocycles. The maximum absolute atomic E-state index is 8.93. The van der Waals surface area contributed by atoms with E-state index in [9.17, 15) is 0 Å². The van der Waals surface area contributed by atoms with Crippen molar-refractivity contribution in [2.75, 3.05) is 23.4 Å². The van der Waals surface area contributed by atoms with Gasteiger partial charge in [0.1, 0.15) is 0 Å². The number of hydrogen-bond acceptors (Lipinski definition) is 3. The third-order valence-electron chi connectivity index (χ3n) is 4.26. The van der Waals surface area contributed by atoms with E-state index in [-0.39, 0.29) is 0 Å². The fourth-order valence-electron chi connectivity index (χ4n) is 2.79. The lowest BCUT2D eigenvalue weighted by Crippen LogP contribution is -2.20. The molecule has 0 saturated carbocycles. The lowest BCUT2D eigenvalue weighted by atomic mass is 10.2. The summed E-state index contributed by atoms with van der Waals surface area (Å²) < 4.78 is 0. The molecule has 0 aliphatic carbocycles. The number of benzene rings is 2. The van der Waals surface area contributed by atoms with Crippen LogP contribution < -0.4 is 9.80 Å². The van der Waals surface area contributed by atoms with Crippen LogP contribution in [0.25, 0.3) is 0 Å². The highest BCUT2D eigenvalue weighted by Gasteiger charge is 2.09. The molecule has 132 valence electrons. The summed E-state index contributed by atoms with van der Waals surface area (Å²) in [5.41, 5.74) is 5.10. The zero-order chi connectivity index (χ0) is 18.9. The molecule has 0 radical (unpaired) electrons. The molecule has 2 aromatic carbocycles. The van der Waals surface area contributed by atoms with E-state index in [1.54, 1.807) is 6.08 Å². The van der Waals surface area contributed by atoms with Crippen molar-refractivity contribution in [3.05, 3.63) is 90.7 Å². The smallest absolute Gasteiger partial charge is 0.0991 e. The zero-order valence-corrected chi connectivity index (χ0v) is 15.7. The van der Waals surface area contributed by atoms with Crippen molar-refractivity contribution in [1.29, 1.82) is 5.26 Å².